The van der Waals surface area contributed by atoms with Gasteiger partial charge in [-0.3, -0.25) is 0 Å². The fourth-order valence-corrected chi connectivity index (χ4v) is 3.25. The summed E-state index contributed by atoms with van der Waals surface area (Å²) in [5.41, 5.74) is 1.04. The molecule has 0 heterocycles. The Balaban J connectivity index is 2.04. The minimum atomic E-state index is -0.853. The monoisotopic (exact) mass is 507 g/mol. The fourth-order valence-electron chi connectivity index (χ4n) is 2.83. The average molecular weight is 508 g/mol. The van der Waals surface area contributed by atoms with Gasteiger partial charge in [-0.2, -0.15) is 0 Å². The number of aliphatic hydroxyl groups is 1. The SMILES string of the molecule is COC(=O)COc1ccc(CCN(C[C@H](O)c2cccc(Br)c2)C(=O)OC(C)(C)C)cc1. The van der Waals surface area contributed by atoms with Gasteiger partial charge in [0.25, 0.3) is 0 Å². The lowest BCUT2D eigenvalue weighted by Crippen LogP contribution is -2.40. The first-order valence-corrected chi connectivity index (χ1v) is 11.1. The molecule has 0 saturated carbocycles. The van der Waals surface area contributed by atoms with E-state index in [2.05, 4.69) is 20.7 Å². The number of rotatable bonds is 9. The highest BCUT2D eigenvalue weighted by molar-refractivity contribution is 9.10. The zero-order valence-corrected chi connectivity index (χ0v) is 20.4. The van der Waals surface area contributed by atoms with Gasteiger partial charge in [0.05, 0.1) is 19.8 Å². The number of methoxy groups -OCH3 is 1. The number of benzene rings is 2. The Morgan fingerprint density at radius 3 is 2.41 bits per heavy atom. The van der Waals surface area contributed by atoms with E-state index in [1.807, 2.05) is 36.4 Å². The zero-order valence-electron chi connectivity index (χ0n) is 18.8. The summed E-state index contributed by atoms with van der Waals surface area (Å²) >= 11 is 3.40. The van der Waals surface area contributed by atoms with Crippen molar-refractivity contribution in [1.29, 1.82) is 0 Å². The van der Waals surface area contributed by atoms with Crippen LogP contribution in [0.4, 0.5) is 4.79 Å². The van der Waals surface area contributed by atoms with E-state index in [-0.39, 0.29) is 13.2 Å². The summed E-state index contributed by atoms with van der Waals surface area (Å²) < 4.78 is 16.3. The minimum Gasteiger partial charge on any atom is -0.482 e. The van der Waals surface area contributed by atoms with Crippen LogP contribution >= 0.6 is 15.9 Å². The molecule has 0 aromatic heterocycles. The quantitative estimate of drug-likeness (QED) is 0.502. The van der Waals surface area contributed by atoms with Crippen molar-refractivity contribution in [2.75, 3.05) is 26.8 Å². The number of esters is 1. The maximum absolute atomic E-state index is 12.8. The molecule has 0 bridgehead atoms. The molecule has 0 spiro atoms. The van der Waals surface area contributed by atoms with Crippen LogP contribution in [0.1, 0.15) is 38.0 Å². The number of carbonyl (C=O) groups is 2. The summed E-state index contributed by atoms with van der Waals surface area (Å²) in [7, 11) is 1.30. The van der Waals surface area contributed by atoms with Crippen LogP contribution in [0.2, 0.25) is 0 Å². The minimum absolute atomic E-state index is 0.103. The van der Waals surface area contributed by atoms with Crippen molar-refractivity contribution in [2.45, 2.75) is 38.9 Å². The van der Waals surface area contributed by atoms with E-state index in [1.165, 1.54) is 12.0 Å². The van der Waals surface area contributed by atoms with Crippen molar-refractivity contribution in [2.24, 2.45) is 0 Å². The molecule has 0 saturated heterocycles. The van der Waals surface area contributed by atoms with E-state index in [4.69, 9.17) is 9.47 Å². The average Bonchev–Trinajstić information content (AvgIpc) is 2.74. The van der Waals surface area contributed by atoms with Crippen molar-refractivity contribution < 1.29 is 28.9 Å². The topological polar surface area (TPSA) is 85.3 Å². The van der Waals surface area contributed by atoms with Gasteiger partial charge in [0.1, 0.15) is 11.4 Å². The largest absolute Gasteiger partial charge is 0.482 e. The van der Waals surface area contributed by atoms with E-state index in [0.29, 0.717) is 24.3 Å². The Labute approximate surface area is 197 Å². The molecule has 0 aliphatic carbocycles. The van der Waals surface area contributed by atoms with E-state index >= 15 is 0 Å². The van der Waals surface area contributed by atoms with Crippen molar-refractivity contribution in [3.8, 4) is 5.75 Å². The molecule has 32 heavy (non-hydrogen) atoms. The summed E-state index contributed by atoms with van der Waals surface area (Å²) in [6, 6.07) is 14.6. The lowest BCUT2D eigenvalue weighted by Gasteiger charge is -2.29. The maximum atomic E-state index is 12.8. The summed E-state index contributed by atoms with van der Waals surface area (Å²) in [5.74, 6) is 0.0966. The Morgan fingerprint density at radius 1 is 1.12 bits per heavy atom. The van der Waals surface area contributed by atoms with Crippen LogP contribution in [0, 0.1) is 0 Å². The van der Waals surface area contributed by atoms with E-state index in [0.717, 1.165) is 10.0 Å². The number of nitrogens with zero attached hydrogens (tertiary/aromatic N) is 1. The molecule has 0 radical (unpaired) electrons. The lowest BCUT2D eigenvalue weighted by molar-refractivity contribution is -0.142. The smallest absolute Gasteiger partial charge is 0.410 e. The molecule has 2 rings (SSSR count). The molecule has 2 aromatic carbocycles. The van der Waals surface area contributed by atoms with Crippen LogP contribution in [0.5, 0.6) is 5.75 Å². The molecule has 2 aromatic rings. The van der Waals surface area contributed by atoms with Gasteiger partial charge in [-0.1, -0.05) is 40.2 Å². The number of amides is 1. The van der Waals surface area contributed by atoms with Gasteiger partial charge in [-0.25, -0.2) is 9.59 Å². The third kappa shape index (κ3) is 8.88. The lowest BCUT2D eigenvalue weighted by atomic mass is 10.1. The van der Waals surface area contributed by atoms with Gasteiger partial charge in [0.2, 0.25) is 0 Å². The van der Waals surface area contributed by atoms with E-state index in [9.17, 15) is 14.7 Å². The highest BCUT2D eigenvalue weighted by Crippen LogP contribution is 2.21. The second-order valence-electron chi connectivity index (χ2n) is 8.26. The van der Waals surface area contributed by atoms with Crippen LogP contribution in [0.25, 0.3) is 0 Å². The van der Waals surface area contributed by atoms with Gasteiger partial charge in [-0.05, 0) is 62.6 Å². The molecule has 0 unspecified atom stereocenters. The first-order valence-electron chi connectivity index (χ1n) is 10.3. The Bertz CT molecular complexity index is 894. The van der Waals surface area contributed by atoms with Crippen molar-refractivity contribution >= 4 is 28.0 Å². The number of halogens is 1. The zero-order chi connectivity index (χ0) is 23.7. The van der Waals surface area contributed by atoms with E-state index < -0.39 is 23.8 Å². The number of hydrogen-bond acceptors (Lipinski definition) is 6. The molecule has 174 valence electrons. The van der Waals surface area contributed by atoms with Crippen LogP contribution in [0.15, 0.2) is 53.0 Å². The molecular formula is C24H30BrNO6. The molecule has 7 nitrogen and oxygen atoms in total. The number of ether oxygens (including phenoxy) is 3. The van der Waals surface area contributed by atoms with Crippen LogP contribution in [0.3, 0.4) is 0 Å². The Morgan fingerprint density at radius 2 is 1.81 bits per heavy atom. The van der Waals surface area contributed by atoms with Crippen LogP contribution in [-0.2, 0) is 20.7 Å². The first-order chi connectivity index (χ1) is 15.1. The molecule has 8 heteroatoms. The third-order valence-electron chi connectivity index (χ3n) is 4.46. The number of hydrogen-bond donors (Lipinski definition) is 1. The predicted molar refractivity (Wildman–Crippen MR) is 125 cm³/mol. The van der Waals surface area contributed by atoms with Crippen LogP contribution < -0.4 is 4.74 Å². The Kier molecular flexibility index (Phi) is 9.53. The van der Waals surface area contributed by atoms with Gasteiger partial charge >= 0.3 is 12.1 Å². The second-order valence-corrected chi connectivity index (χ2v) is 9.17. The molecule has 1 N–H and O–H groups in total. The van der Waals surface area contributed by atoms with Crippen LogP contribution in [-0.4, -0.2) is 54.5 Å². The van der Waals surface area contributed by atoms with Crippen molar-refractivity contribution in [1.82, 2.24) is 4.90 Å². The molecule has 0 aliphatic heterocycles. The molecule has 1 amide bonds. The van der Waals surface area contributed by atoms with Gasteiger partial charge in [-0.15, -0.1) is 0 Å². The van der Waals surface area contributed by atoms with Gasteiger partial charge < -0.3 is 24.2 Å². The van der Waals surface area contributed by atoms with Gasteiger partial charge in [0, 0.05) is 11.0 Å². The number of aliphatic hydroxyl groups excluding tert-OH is 1. The molecule has 0 fully saturated rings. The standard InChI is InChI=1S/C24H30BrNO6/c1-24(2,3)32-23(29)26(15-21(27)18-6-5-7-19(25)14-18)13-12-17-8-10-20(11-9-17)31-16-22(28)30-4/h5-11,14,21,27H,12-13,15-16H2,1-4H3/t21-/m0/s1. The highest BCUT2D eigenvalue weighted by atomic mass is 79.9. The maximum Gasteiger partial charge on any atom is 0.410 e. The molecule has 1 atom stereocenters. The molecule has 0 aliphatic rings. The number of carbonyl (C=O) groups excluding carboxylic acids is 2. The fraction of sp³-hybridized carbons (Fsp3) is 0.417. The Hall–Kier alpha value is -2.58. The predicted octanol–water partition coefficient (Wildman–Crippen LogP) is 4.51. The first kappa shape index (κ1) is 25.7. The van der Waals surface area contributed by atoms with Crippen molar-refractivity contribution in [3.05, 3.63) is 64.1 Å². The summed E-state index contributed by atoms with van der Waals surface area (Å²) in [5, 5.41) is 10.7. The third-order valence-corrected chi connectivity index (χ3v) is 4.95. The van der Waals surface area contributed by atoms with Crippen molar-refractivity contribution in [3.63, 3.8) is 0 Å². The van der Waals surface area contributed by atoms with Gasteiger partial charge in [0.15, 0.2) is 6.61 Å². The molecular weight excluding hydrogens is 478 g/mol. The van der Waals surface area contributed by atoms with E-state index in [1.54, 1.807) is 32.9 Å². The summed E-state index contributed by atoms with van der Waals surface area (Å²) in [4.78, 5) is 25.5. The summed E-state index contributed by atoms with van der Waals surface area (Å²) in [6.07, 6.45) is -0.777. The summed E-state index contributed by atoms with van der Waals surface area (Å²) in [6.45, 7) is 5.73. The second kappa shape index (κ2) is 11.9. The highest BCUT2D eigenvalue weighted by Gasteiger charge is 2.24. The normalized spacial score (nSPS) is 12.1.